The molecule has 2 aromatic rings. The molecule has 0 radical (unpaired) electrons. The smallest absolute Gasteiger partial charge is 0.349 e. The summed E-state index contributed by atoms with van der Waals surface area (Å²) in [5.74, 6) is 0.392. The van der Waals surface area contributed by atoms with E-state index in [-0.39, 0.29) is 23.9 Å². The summed E-state index contributed by atoms with van der Waals surface area (Å²) in [4.78, 5) is 26.9. The Morgan fingerprint density at radius 3 is 2.62 bits per heavy atom. The molecule has 1 aromatic carbocycles. The molecule has 1 fully saturated rings. The predicted molar refractivity (Wildman–Crippen MR) is 97.0 cm³/mol. The Labute approximate surface area is 147 Å². The molecule has 5 nitrogen and oxygen atoms in total. The normalized spacial score (nSPS) is 15.3. The van der Waals surface area contributed by atoms with Crippen LogP contribution in [0.25, 0.3) is 11.0 Å². The molecular weight excluding hydrogens is 328 g/mol. The van der Waals surface area contributed by atoms with Gasteiger partial charge in [0, 0.05) is 18.5 Å². The van der Waals surface area contributed by atoms with E-state index in [4.69, 9.17) is 4.42 Å². The lowest BCUT2D eigenvalue weighted by Gasteiger charge is -2.32. The van der Waals surface area contributed by atoms with E-state index in [0.717, 1.165) is 24.8 Å². The number of hydrogen-bond acceptors (Lipinski definition) is 4. The first kappa shape index (κ1) is 18.5. The summed E-state index contributed by atoms with van der Waals surface area (Å²) in [6, 6.07) is 7.33. The minimum Gasteiger partial charge on any atom is -0.422 e. The molecule has 0 aliphatic carbocycles. The molecule has 130 valence electrons. The van der Waals surface area contributed by atoms with E-state index in [0.29, 0.717) is 30.2 Å². The molecule has 6 heteroatoms. The van der Waals surface area contributed by atoms with Gasteiger partial charge in [-0.15, -0.1) is 12.4 Å². The number of carbonyl (C=O) groups is 1. The van der Waals surface area contributed by atoms with Gasteiger partial charge in [0.15, 0.2) is 0 Å². The summed E-state index contributed by atoms with van der Waals surface area (Å²) < 4.78 is 5.33. The monoisotopic (exact) mass is 350 g/mol. The van der Waals surface area contributed by atoms with Gasteiger partial charge in [0.1, 0.15) is 11.1 Å². The van der Waals surface area contributed by atoms with Gasteiger partial charge in [0.2, 0.25) is 0 Å². The zero-order valence-electron chi connectivity index (χ0n) is 14.0. The van der Waals surface area contributed by atoms with Crippen LogP contribution in [-0.4, -0.2) is 37.5 Å². The topological polar surface area (TPSA) is 62.6 Å². The van der Waals surface area contributed by atoms with Gasteiger partial charge < -0.3 is 14.6 Å². The Kier molecular flexibility index (Phi) is 6.02. The van der Waals surface area contributed by atoms with Crippen molar-refractivity contribution in [3.05, 3.63) is 45.8 Å². The first-order valence-corrected chi connectivity index (χ1v) is 8.08. The van der Waals surface area contributed by atoms with Crippen LogP contribution in [0, 0.1) is 12.8 Å². The number of piperidine rings is 1. The maximum absolute atomic E-state index is 12.8. The molecule has 1 aromatic heterocycles. The Hall–Kier alpha value is -1.85. The van der Waals surface area contributed by atoms with E-state index in [2.05, 4.69) is 5.32 Å². The van der Waals surface area contributed by atoms with E-state index in [1.165, 1.54) is 0 Å². The van der Waals surface area contributed by atoms with Crippen LogP contribution in [0.3, 0.4) is 0 Å². The molecule has 1 aliphatic rings. The second kappa shape index (κ2) is 7.81. The van der Waals surface area contributed by atoms with Crippen LogP contribution >= 0.6 is 12.4 Å². The van der Waals surface area contributed by atoms with Gasteiger partial charge in [-0.3, -0.25) is 4.79 Å². The highest BCUT2D eigenvalue weighted by molar-refractivity contribution is 5.99. The zero-order chi connectivity index (χ0) is 16.4. The van der Waals surface area contributed by atoms with E-state index in [1.807, 2.05) is 32.2 Å². The SMILES string of the molecule is CNCC1CCN(C(=O)c2c(C)c3ccccc3oc2=O)CC1.Cl. The molecule has 3 rings (SSSR count). The number of nitrogens with zero attached hydrogens (tertiary/aromatic N) is 1. The molecule has 24 heavy (non-hydrogen) atoms. The minimum absolute atomic E-state index is 0. The Morgan fingerprint density at radius 2 is 1.96 bits per heavy atom. The molecule has 0 atom stereocenters. The van der Waals surface area contributed by atoms with Crippen molar-refractivity contribution >= 4 is 29.3 Å². The third-order valence-corrected chi connectivity index (χ3v) is 4.68. The van der Waals surface area contributed by atoms with Gasteiger partial charge in [-0.05, 0) is 50.9 Å². The van der Waals surface area contributed by atoms with Crippen molar-refractivity contribution in [3.8, 4) is 0 Å². The van der Waals surface area contributed by atoms with Crippen molar-refractivity contribution in [3.63, 3.8) is 0 Å². The molecule has 0 bridgehead atoms. The number of amides is 1. The number of aryl methyl sites for hydroxylation is 1. The van der Waals surface area contributed by atoms with Crippen molar-refractivity contribution < 1.29 is 9.21 Å². The molecule has 1 N–H and O–H groups in total. The van der Waals surface area contributed by atoms with Crippen molar-refractivity contribution in [1.82, 2.24) is 10.2 Å². The summed E-state index contributed by atoms with van der Waals surface area (Å²) in [6.07, 6.45) is 1.93. The van der Waals surface area contributed by atoms with Crippen molar-refractivity contribution in [2.75, 3.05) is 26.7 Å². The van der Waals surface area contributed by atoms with E-state index in [1.54, 1.807) is 11.0 Å². The third-order valence-electron chi connectivity index (χ3n) is 4.68. The first-order chi connectivity index (χ1) is 11.1. The maximum atomic E-state index is 12.8. The number of hydrogen-bond donors (Lipinski definition) is 1. The van der Waals surface area contributed by atoms with Crippen LogP contribution in [0.15, 0.2) is 33.5 Å². The highest BCUT2D eigenvalue weighted by atomic mass is 35.5. The number of benzene rings is 1. The summed E-state index contributed by atoms with van der Waals surface area (Å²) in [7, 11) is 1.95. The van der Waals surface area contributed by atoms with Gasteiger partial charge in [-0.2, -0.15) is 0 Å². The molecule has 2 heterocycles. The number of rotatable bonds is 3. The van der Waals surface area contributed by atoms with Crippen molar-refractivity contribution in [2.24, 2.45) is 5.92 Å². The Morgan fingerprint density at radius 1 is 1.29 bits per heavy atom. The number of halogens is 1. The van der Waals surface area contributed by atoms with Gasteiger partial charge in [-0.1, -0.05) is 18.2 Å². The fourth-order valence-corrected chi connectivity index (χ4v) is 3.34. The summed E-state index contributed by atoms with van der Waals surface area (Å²) in [6.45, 7) is 4.17. The largest absolute Gasteiger partial charge is 0.422 e. The molecular formula is C18H23ClN2O3. The molecule has 0 spiro atoms. The lowest BCUT2D eigenvalue weighted by molar-refractivity contribution is 0.0686. The molecule has 1 amide bonds. The van der Waals surface area contributed by atoms with Gasteiger partial charge in [0.05, 0.1) is 0 Å². The third kappa shape index (κ3) is 3.47. The molecule has 1 saturated heterocycles. The maximum Gasteiger partial charge on any atom is 0.349 e. The molecule has 1 aliphatic heterocycles. The Balaban J connectivity index is 0.00000208. The number of para-hydroxylation sites is 1. The second-order valence-electron chi connectivity index (χ2n) is 6.18. The van der Waals surface area contributed by atoms with Gasteiger partial charge in [0.25, 0.3) is 5.91 Å². The minimum atomic E-state index is -0.538. The number of carbonyl (C=O) groups excluding carboxylic acids is 1. The van der Waals surface area contributed by atoms with Crippen molar-refractivity contribution in [2.45, 2.75) is 19.8 Å². The van der Waals surface area contributed by atoms with Crippen LogP contribution in [0.1, 0.15) is 28.8 Å². The van der Waals surface area contributed by atoms with Crippen LogP contribution in [0.5, 0.6) is 0 Å². The van der Waals surface area contributed by atoms with Crippen molar-refractivity contribution in [1.29, 1.82) is 0 Å². The highest BCUT2D eigenvalue weighted by Crippen LogP contribution is 2.22. The zero-order valence-corrected chi connectivity index (χ0v) is 14.8. The lowest BCUT2D eigenvalue weighted by Crippen LogP contribution is -2.42. The lowest BCUT2D eigenvalue weighted by atomic mass is 9.96. The highest BCUT2D eigenvalue weighted by Gasteiger charge is 2.27. The van der Waals surface area contributed by atoms with E-state index < -0.39 is 5.63 Å². The first-order valence-electron chi connectivity index (χ1n) is 8.08. The number of fused-ring (bicyclic) bond motifs is 1. The van der Waals surface area contributed by atoms with Crippen LogP contribution in [0.4, 0.5) is 0 Å². The molecule has 0 unspecified atom stereocenters. The quantitative estimate of drug-likeness (QED) is 0.864. The summed E-state index contributed by atoms with van der Waals surface area (Å²) in [5.41, 5.74) is 0.873. The summed E-state index contributed by atoms with van der Waals surface area (Å²) >= 11 is 0. The Bertz CT molecular complexity index is 779. The van der Waals surface area contributed by atoms with Gasteiger partial charge in [-0.25, -0.2) is 4.79 Å². The number of likely N-dealkylation sites (tertiary alicyclic amines) is 1. The average molecular weight is 351 g/mol. The number of nitrogens with one attached hydrogen (secondary N) is 1. The van der Waals surface area contributed by atoms with E-state index >= 15 is 0 Å². The van der Waals surface area contributed by atoms with E-state index in [9.17, 15) is 9.59 Å². The molecule has 0 saturated carbocycles. The predicted octanol–water partition coefficient (Wildman–Crippen LogP) is 2.59. The standard InChI is InChI=1S/C18H22N2O3.ClH/c1-12-14-5-3-4-6-15(14)23-18(22)16(12)17(21)20-9-7-13(8-10-20)11-19-2;/h3-6,13,19H,7-11H2,1-2H3;1H. The summed E-state index contributed by atoms with van der Waals surface area (Å²) in [5, 5.41) is 4.00. The second-order valence-corrected chi connectivity index (χ2v) is 6.18. The fourth-order valence-electron chi connectivity index (χ4n) is 3.34. The average Bonchev–Trinajstić information content (AvgIpc) is 2.56. The van der Waals surface area contributed by atoms with Crippen LogP contribution < -0.4 is 10.9 Å². The van der Waals surface area contributed by atoms with Crippen LogP contribution in [0.2, 0.25) is 0 Å². The van der Waals surface area contributed by atoms with Gasteiger partial charge >= 0.3 is 5.63 Å². The fraction of sp³-hybridized carbons (Fsp3) is 0.444. The van der Waals surface area contributed by atoms with Crippen LogP contribution in [-0.2, 0) is 0 Å².